The van der Waals surface area contributed by atoms with Crippen molar-refractivity contribution < 1.29 is 24.9 Å². The van der Waals surface area contributed by atoms with Gasteiger partial charge in [0.2, 0.25) is 0 Å². The fraction of sp³-hybridized carbons (Fsp3) is 0.130. The third-order valence-electron chi connectivity index (χ3n) is 5.05. The Balaban J connectivity index is 1.71. The van der Waals surface area contributed by atoms with E-state index in [1.165, 1.54) is 12.1 Å². The van der Waals surface area contributed by atoms with Crippen molar-refractivity contribution in [2.45, 2.75) is 12.5 Å². The van der Waals surface area contributed by atoms with Gasteiger partial charge >= 0.3 is 0 Å². The summed E-state index contributed by atoms with van der Waals surface area (Å²) in [5.74, 6) is -0.861. The van der Waals surface area contributed by atoms with Crippen molar-refractivity contribution in [2.75, 3.05) is 11.9 Å². The zero-order chi connectivity index (χ0) is 20.5. The molecule has 0 radical (unpaired) electrons. The van der Waals surface area contributed by atoms with Gasteiger partial charge in [-0.3, -0.25) is 9.59 Å². The minimum atomic E-state index is -0.437. The maximum absolute atomic E-state index is 13.1. The van der Waals surface area contributed by atoms with Crippen molar-refractivity contribution in [3.63, 3.8) is 0 Å². The summed E-state index contributed by atoms with van der Waals surface area (Å²) in [6.07, 6.45) is 0.436. The summed E-state index contributed by atoms with van der Waals surface area (Å²) in [5, 5.41) is 32.6. The SMILES string of the molecule is O=C1c2ccccc2C(=O)c2c(N[C@H](CO)Cc3ccc(O)cc3)ccc(O)c21. The molecule has 0 spiro atoms. The van der Waals surface area contributed by atoms with Gasteiger partial charge in [-0.2, -0.15) is 0 Å². The van der Waals surface area contributed by atoms with Crippen molar-refractivity contribution >= 4 is 17.3 Å². The van der Waals surface area contributed by atoms with Gasteiger partial charge in [-0.05, 0) is 36.2 Å². The Hall–Kier alpha value is -3.64. The summed E-state index contributed by atoms with van der Waals surface area (Å²) < 4.78 is 0. The normalized spacial score (nSPS) is 13.6. The van der Waals surface area contributed by atoms with E-state index in [-0.39, 0.29) is 46.1 Å². The smallest absolute Gasteiger partial charge is 0.198 e. The van der Waals surface area contributed by atoms with E-state index in [0.29, 0.717) is 12.1 Å². The average molecular weight is 389 g/mol. The molecule has 6 heteroatoms. The largest absolute Gasteiger partial charge is 0.508 e. The molecule has 4 rings (SSSR count). The second-order valence-electron chi connectivity index (χ2n) is 6.98. The molecule has 0 aromatic heterocycles. The van der Waals surface area contributed by atoms with E-state index in [0.717, 1.165) is 5.56 Å². The molecule has 0 saturated carbocycles. The molecule has 0 aliphatic heterocycles. The van der Waals surface area contributed by atoms with Gasteiger partial charge in [0.15, 0.2) is 11.6 Å². The van der Waals surface area contributed by atoms with E-state index in [9.17, 15) is 24.9 Å². The summed E-state index contributed by atoms with van der Waals surface area (Å²) in [4.78, 5) is 26.0. The zero-order valence-corrected chi connectivity index (χ0v) is 15.4. The fourth-order valence-corrected chi connectivity index (χ4v) is 3.62. The average Bonchev–Trinajstić information content (AvgIpc) is 2.74. The standard InChI is InChI=1S/C23H19NO5/c25-12-14(11-13-5-7-15(26)8-6-13)24-18-9-10-19(27)21-20(18)22(28)16-3-1-2-4-17(16)23(21)29/h1-10,14,24-27H,11-12H2/t14-/m0/s1. The summed E-state index contributed by atoms with van der Waals surface area (Å²) in [6, 6.07) is 15.6. The van der Waals surface area contributed by atoms with E-state index in [1.54, 1.807) is 48.5 Å². The number of carbonyl (C=O) groups is 2. The molecule has 3 aromatic rings. The van der Waals surface area contributed by atoms with Crippen molar-refractivity contribution in [1.82, 2.24) is 0 Å². The van der Waals surface area contributed by atoms with E-state index < -0.39 is 11.8 Å². The van der Waals surface area contributed by atoms with E-state index in [4.69, 9.17) is 0 Å². The Labute approximate surface area is 167 Å². The molecule has 0 heterocycles. The van der Waals surface area contributed by atoms with Crippen LogP contribution in [0.15, 0.2) is 60.7 Å². The highest BCUT2D eigenvalue weighted by molar-refractivity contribution is 6.31. The quantitative estimate of drug-likeness (QED) is 0.391. The molecule has 146 valence electrons. The van der Waals surface area contributed by atoms with Crippen LogP contribution in [0, 0.1) is 0 Å². The predicted molar refractivity (Wildman–Crippen MR) is 108 cm³/mol. The first-order valence-corrected chi connectivity index (χ1v) is 9.19. The topological polar surface area (TPSA) is 107 Å². The second-order valence-corrected chi connectivity index (χ2v) is 6.98. The first-order valence-electron chi connectivity index (χ1n) is 9.19. The summed E-state index contributed by atoms with van der Waals surface area (Å²) in [5.41, 5.74) is 1.90. The van der Waals surface area contributed by atoms with Crippen LogP contribution < -0.4 is 5.32 Å². The number of ketones is 2. The third-order valence-corrected chi connectivity index (χ3v) is 5.05. The number of phenolic OH excluding ortho intramolecular Hbond substituents is 2. The van der Waals surface area contributed by atoms with Crippen molar-refractivity contribution in [3.8, 4) is 11.5 Å². The fourth-order valence-electron chi connectivity index (χ4n) is 3.62. The molecule has 0 fully saturated rings. The molecule has 1 atom stereocenters. The highest BCUT2D eigenvalue weighted by atomic mass is 16.3. The van der Waals surface area contributed by atoms with E-state index in [2.05, 4.69) is 5.32 Å². The lowest BCUT2D eigenvalue weighted by molar-refractivity contribution is 0.0977. The number of anilines is 1. The molecule has 0 amide bonds. The molecular formula is C23H19NO5. The monoisotopic (exact) mass is 389 g/mol. The number of phenols is 2. The van der Waals surface area contributed by atoms with Crippen LogP contribution in [0.1, 0.15) is 37.4 Å². The van der Waals surface area contributed by atoms with Crippen molar-refractivity contribution in [3.05, 3.63) is 88.5 Å². The van der Waals surface area contributed by atoms with Crippen LogP contribution in [0.2, 0.25) is 0 Å². The van der Waals surface area contributed by atoms with Gasteiger partial charge in [-0.1, -0.05) is 36.4 Å². The number of hydrogen-bond donors (Lipinski definition) is 4. The number of aromatic hydroxyl groups is 2. The number of nitrogens with one attached hydrogen (secondary N) is 1. The first kappa shape index (κ1) is 18.7. The van der Waals surface area contributed by atoms with E-state index in [1.807, 2.05) is 0 Å². The zero-order valence-electron chi connectivity index (χ0n) is 15.4. The molecule has 29 heavy (non-hydrogen) atoms. The van der Waals surface area contributed by atoms with Crippen LogP contribution >= 0.6 is 0 Å². The Morgan fingerprint density at radius 1 is 0.793 bits per heavy atom. The van der Waals surface area contributed by atoms with Crippen LogP contribution in [0.25, 0.3) is 0 Å². The van der Waals surface area contributed by atoms with Gasteiger partial charge in [0.25, 0.3) is 0 Å². The Morgan fingerprint density at radius 2 is 1.41 bits per heavy atom. The summed E-state index contributed by atoms with van der Waals surface area (Å²) >= 11 is 0. The highest BCUT2D eigenvalue weighted by Gasteiger charge is 2.34. The van der Waals surface area contributed by atoms with Gasteiger partial charge in [-0.25, -0.2) is 0 Å². The highest BCUT2D eigenvalue weighted by Crippen LogP contribution is 2.37. The van der Waals surface area contributed by atoms with Crippen LogP contribution in [-0.2, 0) is 6.42 Å². The number of aliphatic hydroxyl groups is 1. The number of hydrogen-bond acceptors (Lipinski definition) is 6. The van der Waals surface area contributed by atoms with Gasteiger partial charge in [0, 0.05) is 16.8 Å². The molecule has 6 nitrogen and oxygen atoms in total. The molecule has 4 N–H and O–H groups in total. The molecule has 1 aliphatic rings. The van der Waals surface area contributed by atoms with Crippen LogP contribution in [0.3, 0.4) is 0 Å². The Bertz CT molecular complexity index is 1100. The number of rotatable bonds is 5. The van der Waals surface area contributed by atoms with Crippen LogP contribution in [0.5, 0.6) is 11.5 Å². The lowest BCUT2D eigenvalue weighted by atomic mass is 9.82. The summed E-state index contributed by atoms with van der Waals surface area (Å²) in [7, 11) is 0. The molecule has 0 bridgehead atoms. The Kier molecular flexibility index (Phi) is 4.78. The van der Waals surface area contributed by atoms with Crippen molar-refractivity contribution in [2.24, 2.45) is 0 Å². The van der Waals surface area contributed by atoms with Gasteiger partial charge in [0.05, 0.1) is 23.8 Å². The molecule has 0 saturated heterocycles. The minimum Gasteiger partial charge on any atom is -0.508 e. The maximum Gasteiger partial charge on any atom is 0.198 e. The van der Waals surface area contributed by atoms with Crippen LogP contribution in [0.4, 0.5) is 5.69 Å². The predicted octanol–water partition coefficient (Wildman–Crippen LogP) is 2.89. The van der Waals surface area contributed by atoms with Gasteiger partial charge in [0.1, 0.15) is 11.5 Å². The first-order chi connectivity index (χ1) is 14.0. The number of benzene rings is 3. The molecule has 3 aromatic carbocycles. The molecule has 1 aliphatic carbocycles. The molecular weight excluding hydrogens is 370 g/mol. The maximum atomic E-state index is 13.1. The number of fused-ring (bicyclic) bond motifs is 2. The second kappa shape index (κ2) is 7.41. The Morgan fingerprint density at radius 3 is 2.03 bits per heavy atom. The van der Waals surface area contributed by atoms with Gasteiger partial charge in [-0.15, -0.1) is 0 Å². The number of aliphatic hydroxyl groups excluding tert-OH is 1. The van der Waals surface area contributed by atoms with Gasteiger partial charge < -0.3 is 20.6 Å². The van der Waals surface area contributed by atoms with Crippen LogP contribution in [-0.4, -0.2) is 39.5 Å². The lowest BCUT2D eigenvalue weighted by Gasteiger charge is -2.24. The lowest BCUT2D eigenvalue weighted by Crippen LogP contribution is -2.29. The minimum absolute atomic E-state index is 0.0278. The van der Waals surface area contributed by atoms with E-state index >= 15 is 0 Å². The summed E-state index contributed by atoms with van der Waals surface area (Å²) in [6.45, 7) is -0.213. The number of carbonyl (C=O) groups excluding carboxylic acids is 2. The molecule has 0 unspecified atom stereocenters. The third kappa shape index (κ3) is 3.34. The van der Waals surface area contributed by atoms with Crippen molar-refractivity contribution in [1.29, 1.82) is 0 Å².